The third kappa shape index (κ3) is 3.56. The maximum atomic E-state index is 6.03. The van der Waals surface area contributed by atoms with E-state index in [0.717, 1.165) is 11.4 Å². The summed E-state index contributed by atoms with van der Waals surface area (Å²) >= 11 is 0. The van der Waals surface area contributed by atoms with Crippen molar-refractivity contribution in [3.8, 4) is 5.75 Å². The highest BCUT2D eigenvalue weighted by atomic mass is 16.5. The van der Waals surface area contributed by atoms with Crippen molar-refractivity contribution in [2.75, 3.05) is 25.6 Å². The van der Waals surface area contributed by atoms with Crippen molar-refractivity contribution >= 4 is 5.69 Å². The average molecular weight is 284 g/mol. The highest BCUT2D eigenvalue weighted by Crippen LogP contribution is 2.27. The van der Waals surface area contributed by atoms with Gasteiger partial charge in [0.15, 0.2) is 0 Å². The molecule has 2 N–H and O–H groups in total. The molecule has 3 heteroatoms. The van der Waals surface area contributed by atoms with Crippen LogP contribution in [0.4, 0.5) is 5.69 Å². The van der Waals surface area contributed by atoms with Crippen LogP contribution in [0, 0.1) is 13.8 Å². The molecule has 0 aliphatic carbocycles. The molecule has 21 heavy (non-hydrogen) atoms. The first-order valence-corrected chi connectivity index (χ1v) is 7.20. The number of hydrogen-bond acceptors (Lipinski definition) is 3. The van der Waals surface area contributed by atoms with Crippen LogP contribution in [0.3, 0.4) is 0 Å². The van der Waals surface area contributed by atoms with E-state index in [1.807, 2.05) is 12.1 Å². The number of nitrogens with two attached hydrogens (primary N) is 1. The van der Waals surface area contributed by atoms with Gasteiger partial charge >= 0.3 is 0 Å². The van der Waals surface area contributed by atoms with Crippen LogP contribution in [0.1, 0.15) is 22.7 Å². The largest absolute Gasteiger partial charge is 0.497 e. The van der Waals surface area contributed by atoms with E-state index in [1.54, 1.807) is 7.11 Å². The zero-order valence-electron chi connectivity index (χ0n) is 13.3. The lowest BCUT2D eigenvalue weighted by Crippen LogP contribution is -2.30. The Labute approximate surface area is 127 Å². The standard InChI is InChI=1S/C18H24N2O/c1-13-9-14(2)11-15(10-13)18(12-19)20(3)16-5-7-17(21-4)8-6-16/h5-11,18H,12,19H2,1-4H3. The lowest BCUT2D eigenvalue weighted by atomic mass is 10.00. The molecule has 0 aromatic heterocycles. The van der Waals surface area contributed by atoms with Crippen molar-refractivity contribution in [3.05, 3.63) is 59.2 Å². The van der Waals surface area contributed by atoms with Gasteiger partial charge in [0.1, 0.15) is 5.75 Å². The Balaban J connectivity index is 2.30. The Morgan fingerprint density at radius 1 is 1.05 bits per heavy atom. The zero-order valence-corrected chi connectivity index (χ0v) is 13.3. The van der Waals surface area contributed by atoms with Gasteiger partial charge in [0, 0.05) is 19.3 Å². The van der Waals surface area contributed by atoms with Crippen molar-refractivity contribution in [2.24, 2.45) is 5.73 Å². The normalized spacial score (nSPS) is 12.0. The Kier molecular flexibility index (Phi) is 4.86. The minimum absolute atomic E-state index is 0.164. The van der Waals surface area contributed by atoms with E-state index < -0.39 is 0 Å². The molecule has 1 unspecified atom stereocenters. The molecule has 0 aliphatic rings. The molecule has 2 aromatic carbocycles. The molecule has 0 radical (unpaired) electrons. The van der Waals surface area contributed by atoms with E-state index in [-0.39, 0.29) is 6.04 Å². The van der Waals surface area contributed by atoms with Crippen LogP contribution in [0.5, 0.6) is 5.75 Å². The SMILES string of the molecule is COc1ccc(N(C)C(CN)c2cc(C)cc(C)c2)cc1. The van der Waals surface area contributed by atoms with Crippen molar-refractivity contribution < 1.29 is 4.74 Å². The first kappa shape index (κ1) is 15.4. The molecule has 0 saturated carbocycles. The highest BCUT2D eigenvalue weighted by Gasteiger charge is 2.16. The number of nitrogens with zero attached hydrogens (tertiary/aromatic N) is 1. The van der Waals surface area contributed by atoms with Crippen LogP contribution in [-0.2, 0) is 0 Å². The molecule has 2 aromatic rings. The number of ether oxygens (including phenoxy) is 1. The van der Waals surface area contributed by atoms with Crippen LogP contribution in [0.25, 0.3) is 0 Å². The summed E-state index contributed by atoms with van der Waals surface area (Å²) in [6.45, 7) is 4.82. The van der Waals surface area contributed by atoms with Gasteiger partial charge in [-0.05, 0) is 43.7 Å². The number of hydrogen-bond donors (Lipinski definition) is 1. The lowest BCUT2D eigenvalue weighted by Gasteiger charge is -2.30. The highest BCUT2D eigenvalue weighted by molar-refractivity contribution is 5.51. The van der Waals surface area contributed by atoms with Crippen molar-refractivity contribution in [1.82, 2.24) is 0 Å². The van der Waals surface area contributed by atoms with Gasteiger partial charge in [-0.25, -0.2) is 0 Å². The minimum Gasteiger partial charge on any atom is -0.497 e. The van der Waals surface area contributed by atoms with E-state index in [2.05, 4.69) is 56.1 Å². The molecule has 0 saturated heterocycles. The molecule has 0 spiro atoms. The number of benzene rings is 2. The number of rotatable bonds is 5. The molecular formula is C18H24N2O. The number of methoxy groups -OCH3 is 1. The summed E-state index contributed by atoms with van der Waals surface area (Å²) in [5, 5.41) is 0. The van der Waals surface area contributed by atoms with Gasteiger partial charge in [-0.1, -0.05) is 29.3 Å². The van der Waals surface area contributed by atoms with Crippen LogP contribution in [0.15, 0.2) is 42.5 Å². The Morgan fingerprint density at radius 3 is 2.10 bits per heavy atom. The molecule has 0 heterocycles. The van der Waals surface area contributed by atoms with E-state index in [9.17, 15) is 0 Å². The molecule has 2 rings (SSSR count). The fraction of sp³-hybridized carbons (Fsp3) is 0.333. The fourth-order valence-corrected chi connectivity index (χ4v) is 2.72. The van der Waals surface area contributed by atoms with Gasteiger partial charge in [-0.3, -0.25) is 0 Å². The number of aryl methyl sites for hydroxylation is 2. The van der Waals surface area contributed by atoms with Crippen molar-refractivity contribution in [2.45, 2.75) is 19.9 Å². The molecule has 0 fully saturated rings. The predicted octanol–water partition coefficient (Wildman–Crippen LogP) is 3.45. The summed E-state index contributed by atoms with van der Waals surface area (Å²) < 4.78 is 5.21. The Morgan fingerprint density at radius 2 is 1.62 bits per heavy atom. The van der Waals surface area contributed by atoms with Crippen LogP contribution < -0.4 is 15.4 Å². The zero-order chi connectivity index (χ0) is 15.4. The summed E-state index contributed by atoms with van der Waals surface area (Å²) in [6.07, 6.45) is 0. The molecular weight excluding hydrogens is 260 g/mol. The van der Waals surface area contributed by atoms with Gasteiger partial charge in [0.25, 0.3) is 0 Å². The monoisotopic (exact) mass is 284 g/mol. The van der Waals surface area contributed by atoms with Crippen molar-refractivity contribution in [3.63, 3.8) is 0 Å². The predicted molar refractivity (Wildman–Crippen MR) is 89.1 cm³/mol. The van der Waals surface area contributed by atoms with Gasteiger partial charge in [-0.2, -0.15) is 0 Å². The van der Waals surface area contributed by atoms with Crippen LogP contribution in [0.2, 0.25) is 0 Å². The topological polar surface area (TPSA) is 38.5 Å². The Hall–Kier alpha value is -2.00. The van der Waals surface area contributed by atoms with E-state index in [0.29, 0.717) is 6.54 Å². The van der Waals surface area contributed by atoms with Crippen LogP contribution >= 0.6 is 0 Å². The number of likely N-dealkylation sites (N-methyl/N-ethyl adjacent to an activating group) is 1. The maximum absolute atomic E-state index is 6.03. The van der Waals surface area contributed by atoms with Gasteiger partial charge in [0.2, 0.25) is 0 Å². The lowest BCUT2D eigenvalue weighted by molar-refractivity contribution is 0.415. The van der Waals surface area contributed by atoms with E-state index >= 15 is 0 Å². The van der Waals surface area contributed by atoms with E-state index in [4.69, 9.17) is 10.5 Å². The summed E-state index contributed by atoms with van der Waals surface area (Å²) in [6, 6.07) is 14.8. The van der Waals surface area contributed by atoms with Crippen LogP contribution in [-0.4, -0.2) is 20.7 Å². The first-order valence-electron chi connectivity index (χ1n) is 7.20. The molecule has 112 valence electrons. The molecule has 3 nitrogen and oxygen atoms in total. The van der Waals surface area contributed by atoms with Gasteiger partial charge < -0.3 is 15.4 Å². The quantitative estimate of drug-likeness (QED) is 0.914. The third-order valence-electron chi connectivity index (χ3n) is 3.80. The molecule has 0 aliphatic heterocycles. The minimum atomic E-state index is 0.164. The molecule has 1 atom stereocenters. The second-order valence-electron chi connectivity index (χ2n) is 5.48. The average Bonchev–Trinajstić information content (AvgIpc) is 2.47. The molecule has 0 amide bonds. The second-order valence-corrected chi connectivity index (χ2v) is 5.48. The summed E-state index contributed by atoms with van der Waals surface area (Å²) in [5.41, 5.74) is 11.0. The fourth-order valence-electron chi connectivity index (χ4n) is 2.72. The van der Waals surface area contributed by atoms with Gasteiger partial charge in [-0.15, -0.1) is 0 Å². The summed E-state index contributed by atoms with van der Waals surface area (Å²) in [7, 11) is 3.76. The summed E-state index contributed by atoms with van der Waals surface area (Å²) in [4.78, 5) is 2.22. The number of anilines is 1. The third-order valence-corrected chi connectivity index (χ3v) is 3.80. The smallest absolute Gasteiger partial charge is 0.119 e. The van der Waals surface area contributed by atoms with E-state index in [1.165, 1.54) is 16.7 Å². The maximum Gasteiger partial charge on any atom is 0.119 e. The molecule has 0 bridgehead atoms. The first-order chi connectivity index (χ1) is 10.0. The van der Waals surface area contributed by atoms with Crippen molar-refractivity contribution in [1.29, 1.82) is 0 Å². The summed E-state index contributed by atoms with van der Waals surface area (Å²) in [5.74, 6) is 0.864. The second kappa shape index (κ2) is 6.64. The van der Waals surface area contributed by atoms with Gasteiger partial charge in [0.05, 0.1) is 13.2 Å². The Bertz CT molecular complexity index is 572.